The fraction of sp³-hybridized carbons (Fsp3) is 0.875. The summed E-state index contributed by atoms with van der Waals surface area (Å²) in [7, 11) is 0. The molecule has 0 aromatic rings. The zero-order valence-electron chi connectivity index (χ0n) is 15.3. The third-order valence-electron chi connectivity index (χ3n) is 3.49. The number of hydrogen-bond acceptors (Lipinski definition) is 5. The third-order valence-corrected chi connectivity index (χ3v) is 3.49. The van der Waals surface area contributed by atoms with E-state index in [-0.39, 0.29) is 12.0 Å². The Bertz CT molecular complexity index is 515. The van der Waals surface area contributed by atoms with Crippen LogP contribution in [0.5, 0.6) is 0 Å². The maximum atomic E-state index is 12.6. The molecule has 8 nitrogen and oxygen atoms in total. The Labute approximate surface area is 142 Å². The molecule has 8 heteroatoms. The van der Waals surface area contributed by atoms with Crippen LogP contribution in [0.3, 0.4) is 0 Å². The van der Waals surface area contributed by atoms with Crippen LogP contribution in [0.15, 0.2) is 5.11 Å². The minimum absolute atomic E-state index is 0.303. The van der Waals surface area contributed by atoms with Gasteiger partial charge in [-0.05, 0) is 65.8 Å². The van der Waals surface area contributed by atoms with Gasteiger partial charge in [-0.1, -0.05) is 11.5 Å². The van der Waals surface area contributed by atoms with Crippen molar-refractivity contribution in [3.05, 3.63) is 10.4 Å². The number of amides is 1. The summed E-state index contributed by atoms with van der Waals surface area (Å²) in [5, 5.41) is 6.37. The van der Waals surface area contributed by atoms with Gasteiger partial charge in [0.1, 0.15) is 17.2 Å². The van der Waals surface area contributed by atoms with Gasteiger partial charge in [0.2, 0.25) is 0 Å². The standard InChI is InChI=1S/C16H28N4O4/c1-15(2,3)23-13(21)12(18-14(22)24-16(4,5)6)10-8-7-9-11(10)19-20-17/h10-12H,7-9H2,1-6H3,(H,18,22)/t10-,11+,12-/m1/s1. The predicted molar refractivity (Wildman–Crippen MR) is 89.3 cm³/mol. The van der Waals surface area contributed by atoms with Gasteiger partial charge in [0.25, 0.3) is 0 Å². The summed E-state index contributed by atoms with van der Waals surface area (Å²) in [6, 6.07) is -1.25. The first-order valence-electron chi connectivity index (χ1n) is 8.19. The molecule has 0 aliphatic heterocycles. The molecule has 136 valence electrons. The fourth-order valence-corrected chi connectivity index (χ4v) is 2.71. The SMILES string of the molecule is CC(C)(C)OC(=O)N[C@@H](C(=O)OC(C)(C)C)[C@@H]1CCC[C@@H]1N=[N+]=[N-]. The summed E-state index contributed by atoms with van der Waals surface area (Å²) in [4.78, 5) is 27.5. The van der Waals surface area contributed by atoms with Crippen molar-refractivity contribution < 1.29 is 19.1 Å². The molecule has 1 saturated carbocycles. The summed E-state index contributed by atoms with van der Waals surface area (Å²) in [6.45, 7) is 10.5. The van der Waals surface area contributed by atoms with Crippen LogP contribution in [-0.2, 0) is 14.3 Å². The van der Waals surface area contributed by atoms with E-state index < -0.39 is 29.3 Å². The lowest BCUT2D eigenvalue weighted by Gasteiger charge is -2.30. The van der Waals surface area contributed by atoms with Gasteiger partial charge in [0.05, 0.1) is 0 Å². The lowest BCUT2D eigenvalue weighted by atomic mass is 9.94. The number of carbonyl (C=O) groups is 2. The minimum Gasteiger partial charge on any atom is -0.458 e. The van der Waals surface area contributed by atoms with Crippen LogP contribution in [0.2, 0.25) is 0 Å². The highest BCUT2D eigenvalue weighted by Gasteiger charge is 2.40. The maximum absolute atomic E-state index is 12.6. The van der Waals surface area contributed by atoms with Crippen molar-refractivity contribution in [1.29, 1.82) is 0 Å². The minimum atomic E-state index is -0.905. The van der Waals surface area contributed by atoms with E-state index in [0.29, 0.717) is 12.8 Å². The lowest BCUT2D eigenvalue weighted by Crippen LogP contribution is -2.51. The van der Waals surface area contributed by atoms with Crippen LogP contribution < -0.4 is 5.32 Å². The van der Waals surface area contributed by atoms with Crippen LogP contribution in [0.4, 0.5) is 4.79 Å². The van der Waals surface area contributed by atoms with Gasteiger partial charge in [-0.15, -0.1) is 0 Å². The summed E-state index contributed by atoms with van der Waals surface area (Å²) in [5.74, 6) is -0.846. The molecule has 0 spiro atoms. The number of carbonyl (C=O) groups excluding carboxylic acids is 2. The number of rotatable bonds is 4. The molecule has 0 heterocycles. The first kappa shape index (κ1) is 20.1. The summed E-state index contributed by atoms with van der Waals surface area (Å²) in [5.41, 5.74) is 7.36. The Morgan fingerprint density at radius 2 is 1.71 bits per heavy atom. The smallest absolute Gasteiger partial charge is 0.408 e. The normalized spacial score (nSPS) is 22.2. The number of esters is 1. The second kappa shape index (κ2) is 7.75. The zero-order chi connectivity index (χ0) is 18.5. The van der Waals surface area contributed by atoms with Gasteiger partial charge < -0.3 is 14.8 Å². The molecule has 0 radical (unpaired) electrons. The Morgan fingerprint density at radius 3 is 2.21 bits per heavy atom. The van der Waals surface area contributed by atoms with Crippen molar-refractivity contribution >= 4 is 12.1 Å². The fourth-order valence-electron chi connectivity index (χ4n) is 2.71. The molecule has 1 rings (SSSR count). The maximum Gasteiger partial charge on any atom is 0.408 e. The van der Waals surface area contributed by atoms with E-state index in [0.717, 1.165) is 6.42 Å². The second-order valence-electron chi connectivity index (χ2n) is 8.02. The predicted octanol–water partition coefficient (Wildman–Crippen LogP) is 3.70. The molecule has 0 unspecified atom stereocenters. The van der Waals surface area contributed by atoms with Crippen LogP contribution in [-0.4, -0.2) is 35.3 Å². The van der Waals surface area contributed by atoms with E-state index in [2.05, 4.69) is 15.3 Å². The van der Waals surface area contributed by atoms with E-state index in [4.69, 9.17) is 15.0 Å². The first-order chi connectivity index (χ1) is 10.9. The molecule has 0 aromatic carbocycles. The Balaban J connectivity index is 2.96. The van der Waals surface area contributed by atoms with Crippen molar-refractivity contribution in [3.8, 4) is 0 Å². The molecule has 24 heavy (non-hydrogen) atoms. The summed E-state index contributed by atoms with van der Waals surface area (Å²) >= 11 is 0. The van der Waals surface area contributed by atoms with Crippen LogP contribution in [0, 0.1) is 5.92 Å². The Morgan fingerprint density at radius 1 is 1.12 bits per heavy atom. The van der Waals surface area contributed by atoms with Gasteiger partial charge in [0.15, 0.2) is 0 Å². The van der Waals surface area contributed by atoms with Crippen LogP contribution >= 0.6 is 0 Å². The van der Waals surface area contributed by atoms with Crippen molar-refractivity contribution in [2.24, 2.45) is 11.0 Å². The second-order valence-corrected chi connectivity index (χ2v) is 8.02. The average molecular weight is 340 g/mol. The number of ether oxygens (including phenoxy) is 2. The molecule has 0 saturated heterocycles. The number of nitrogens with zero attached hydrogens (tertiary/aromatic N) is 3. The molecule has 1 aliphatic carbocycles. The van der Waals surface area contributed by atoms with Gasteiger partial charge in [0, 0.05) is 11.0 Å². The lowest BCUT2D eigenvalue weighted by molar-refractivity contribution is -0.159. The highest BCUT2D eigenvalue weighted by Crippen LogP contribution is 2.32. The quantitative estimate of drug-likeness (QED) is 0.364. The van der Waals surface area contributed by atoms with E-state index in [1.807, 2.05) is 0 Å². The van der Waals surface area contributed by atoms with Gasteiger partial charge in [-0.3, -0.25) is 0 Å². The summed E-state index contributed by atoms with van der Waals surface area (Å²) < 4.78 is 10.7. The number of hydrogen-bond donors (Lipinski definition) is 1. The molecule has 1 amide bonds. The van der Waals surface area contributed by atoms with Crippen molar-refractivity contribution in [2.75, 3.05) is 0 Å². The van der Waals surface area contributed by atoms with E-state index >= 15 is 0 Å². The van der Waals surface area contributed by atoms with E-state index in [1.165, 1.54) is 0 Å². The van der Waals surface area contributed by atoms with Crippen molar-refractivity contribution in [2.45, 2.75) is 84.1 Å². The van der Waals surface area contributed by atoms with Gasteiger partial charge in [-0.25, -0.2) is 9.59 Å². The molecule has 0 bridgehead atoms. The molecule has 1 fully saturated rings. The van der Waals surface area contributed by atoms with Gasteiger partial charge in [-0.2, -0.15) is 0 Å². The highest BCUT2D eigenvalue weighted by atomic mass is 16.6. The van der Waals surface area contributed by atoms with Crippen molar-refractivity contribution in [3.63, 3.8) is 0 Å². The molecule has 1 aliphatic rings. The molecule has 0 aromatic heterocycles. The topological polar surface area (TPSA) is 113 Å². The van der Waals surface area contributed by atoms with Gasteiger partial charge >= 0.3 is 12.1 Å². The van der Waals surface area contributed by atoms with Crippen molar-refractivity contribution in [1.82, 2.24) is 5.32 Å². The zero-order valence-corrected chi connectivity index (χ0v) is 15.3. The average Bonchev–Trinajstić information content (AvgIpc) is 2.80. The van der Waals surface area contributed by atoms with Crippen LogP contribution in [0.1, 0.15) is 60.8 Å². The Hall–Kier alpha value is -1.95. The first-order valence-corrected chi connectivity index (χ1v) is 8.19. The molecular formula is C16H28N4O4. The van der Waals surface area contributed by atoms with E-state index in [1.54, 1.807) is 41.5 Å². The molecular weight excluding hydrogens is 312 g/mol. The third kappa shape index (κ3) is 6.66. The van der Waals surface area contributed by atoms with E-state index in [9.17, 15) is 9.59 Å². The summed E-state index contributed by atoms with van der Waals surface area (Å²) in [6.07, 6.45) is 1.49. The monoisotopic (exact) mass is 340 g/mol. The number of azide groups is 1. The van der Waals surface area contributed by atoms with Crippen LogP contribution in [0.25, 0.3) is 10.4 Å². The molecule has 1 N–H and O–H groups in total. The Kier molecular flexibility index (Phi) is 6.49. The highest BCUT2D eigenvalue weighted by molar-refractivity contribution is 5.82. The molecule has 3 atom stereocenters. The number of nitrogens with one attached hydrogen (secondary N) is 1. The largest absolute Gasteiger partial charge is 0.458 e. The number of alkyl carbamates (subject to hydrolysis) is 1.